The average Bonchev–Trinajstić information content (AvgIpc) is 3.67. The zero-order valence-electron chi connectivity index (χ0n) is 18.9. The maximum atomic E-state index is 12.1. The van der Waals surface area contributed by atoms with Crippen LogP contribution >= 0.6 is 0 Å². The lowest BCUT2D eigenvalue weighted by Crippen LogP contribution is -2.33. The van der Waals surface area contributed by atoms with Crippen LogP contribution in [0.1, 0.15) is 103 Å². The monoisotopic (exact) mass is 424 g/mol. The summed E-state index contributed by atoms with van der Waals surface area (Å²) in [5.74, 6) is 0.296. The van der Waals surface area contributed by atoms with Crippen LogP contribution in [0, 0.1) is 10.8 Å². The first-order valence-corrected chi connectivity index (χ1v) is 12.4. The van der Waals surface area contributed by atoms with Gasteiger partial charge in [-0.25, -0.2) is 0 Å². The molecule has 2 amide bonds. The number of aliphatic hydroxyl groups is 2. The molecule has 174 valence electrons. The van der Waals surface area contributed by atoms with Gasteiger partial charge in [0.25, 0.3) is 0 Å². The number of hydrogen-bond acceptors (Lipinski definition) is 4. The molecule has 2 saturated carbocycles. The summed E-state index contributed by atoms with van der Waals surface area (Å²) in [7, 11) is 0. The van der Waals surface area contributed by atoms with Gasteiger partial charge in [-0.2, -0.15) is 0 Å². The van der Waals surface area contributed by atoms with Crippen LogP contribution in [0.5, 0.6) is 0 Å². The Morgan fingerprint density at radius 2 is 0.867 bits per heavy atom. The van der Waals surface area contributed by atoms with Crippen molar-refractivity contribution in [3.8, 4) is 0 Å². The predicted octanol–water partition coefficient (Wildman–Crippen LogP) is 3.45. The van der Waals surface area contributed by atoms with Crippen molar-refractivity contribution in [2.75, 3.05) is 26.3 Å². The SMILES string of the molecule is O=C(NCCO)C1(CCCCCCCCCCCCC2(C(=O)NCCO)CC2)CC1. The van der Waals surface area contributed by atoms with Crippen LogP contribution in [0.25, 0.3) is 0 Å². The van der Waals surface area contributed by atoms with Crippen molar-refractivity contribution in [1.29, 1.82) is 0 Å². The molecule has 6 heteroatoms. The first-order valence-electron chi connectivity index (χ1n) is 12.4. The molecule has 4 N–H and O–H groups in total. The minimum Gasteiger partial charge on any atom is -0.395 e. The maximum Gasteiger partial charge on any atom is 0.226 e. The Balaban J connectivity index is 1.36. The Kier molecular flexibility index (Phi) is 11.1. The molecule has 0 aliphatic heterocycles. The second-order valence-corrected chi connectivity index (χ2v) is 9.56. The van der Waals surface area contributed by atoms with Crippen molar-refractivity contribution in [3.05, 3.63) is 0 Å². The number of hydrogen-bond donors (Lipinski definition) is 4. The summed E-state index contributed by atoms with van der Waals surface area (Å²) >= 11 is 0. The van der Waals surface area contributed by atoms with Crippen molar-refractivity contribution < 1.29 is 19.8 Å². The van der Waals surface area contributed by atoms with Crippen molar-refractivity contribution in [2.24, 2.45) is 10.8 Å². The second-order valence-electron chi connectivity index (χ2n) is 9.56. The minimum absolute atomic E-state index is 0.0190. The summed E-state index contributed by atoms with van der Waals surface area (Å²) in [6, 6.07) is 0. The van der Waals surface area contributed by atoms with Gasteiger partial charge in [0, 0.05) is 23.9 Å². The van der Waals surface area contributed by atoms with Crippen LogP contribution in [0.3, 0.4) is 0 Å². The lowest BCUT2D eigenvalue weighted by molar-refractivity contribution is -0.127. The van der Waals surface area contributed by atoms with Gasteiger partial charge in [0.05, 0.1) is 13.2 Å². The minimum atomic E-state index is -0.103. The van der Waals surface area contributed by atoms with Gasteiger partial charge in [0.1, 0.15) is 0 Å². The van der Waals surface area contributed by atoms with Crippen molar-refractivity contribution in [3.63, 3.8) is 0 Å². The van der Waals surface area contributed by atoms with E-state index in [1.165, 1.54) is 51.4 Å². The summed E-state index contributed by atoms with van der Waals surface area (Å²) in [4.78, 5) is 24.2. The van der Waals surface area contributed by atoms with Crippen LogP contribution in [0.15, 0.2) is 0 Å². The molecule has 6 nitrogen and oxygen atoms in total. The molecule has 2 rings (SSSR count). The molecule has 0 radical (unpaired) electrons. The maximum absolute atomic E-state index is 12.1. The van der Waals surface area contributed by atoms with Crippen molar-refractivity contribution in [1.82, 2.24) is 10.6 Å². The highest BCUT2D eigenvalue weighted by Crippen LogP contribution is 2.50. The topological polar surface area (TPSA) is 98.7 Å². The summed E-state index contributed by atoms with van der Waals surface area (Å²) < 4.78 is 0. The first kappa shape index (κ1) is 25.1. The molecule has 0 aromatic heterocycles. The molecule has 0 spiro atoms. The molecule has 0 heterocycles. The highest BCUT2D eigenvalue weighted by Gasteiger charge is 2.49. The number of rotatable bonds is 19. The Hall–Kier alpha value is -1.14. The quantitative estimate of drug-likeness (QED) is 0.239. The summed E-state index contributed by atoms with van der Waals surface area (Å²) in [6.07, 6.45) is 18.5. The molecule has 2 fully saturated rings. The van der Waals surface area contributed by atoms with Gasteiger partial charge in [0.2, 0.25) is 11.8 Å². The summed E-state index contributed by atoms with van der Waals surface area (Å²) in [6.45, 7) is 0.791. The van der Waals surface area contributed by atoms with Gasteiger partial charge >= 0.3 is 0 Å². The van der Waals surface area contributed by atoms with E-state index in [1.807, 2.05) is 0 Å². The molecular weight excluding hydrogens is 380 g/mol. The largest absolute Gasteiger partial charge is 0.395 e. The van der Waals surface area contributed by atoms with Gasteiger partial charge in [-0.3, -0.25) is 9.59 Å². The van der Waals surface area contributed by atoms with Gasteiger partial charge < -0.3 is 20.8 Å². The van der Waals surface area contributed by atoms with Crippen molar-refractivity contribution >= 4 is 11.8 Å². The van der Waals surface area contributed by atoms with Crippen LogP contribution < -0.4 is 10.6 Å². The van der Waals surface area contributed by atoms with Crippen LogP contribution in [-0.2, 0) is 9.59 Å². The summed E-state index contributed by atoms with van der Waals surface area (Å²) in [5, 5.41) is 23.3. The number of amides is 2. The molecule has 0 aromatic carbocycles. The van der Waals surface area contributed by atoms with Crippen LogP contribution in [0.4, 0.5) is 0 Å². The van der Waals surface area contributed by atoms with E-state index in [9.17, 15) is 9.59 Å². The normalized spacial score (nSPS) is 18.1. The Labute approximate surface area is 182 Å². The number of unbranched alkanes of at least 4 members (excludes halogenated alkanes) is 9. The van der Waals surface area contributed by atoms with E-state index in [4.69, 9.17) is 10.2 Å². The van der Waals surface area contributed by atoms with E-state index >= 15 is 0 Å². The standard InChI is InChI=1S/C24H44N2O4/c27-19-17-25-21(29)23(13-14-23)11-9-7-5-3-1-2-4-6-8-10-12-24(15-16-24)22(30)26-18-20-28/h27-28H,1-20H2,(H,25,29)(H,26,30). The third-order valence-electron chi connectivity index (χ3n) is 7.03. The van der Waals surface area contributed by atoms with Crippen LogP contribution in [0.2, 0.25) is 0 Å². The Morgan fingerprint density at radius 1 is 0.567 bits per heavy atom. The molecule has 0 aromatic rings. The number of carbonyl (C=O) groups is 2. The molecule has 0 atom stereocenters. The van der Waals surface area contributed by atoms with Gasteiger partial charge in [0.15, 0.2) is 0 Å². The first-order chi connectivity index (χ1) is 14.6. The fourth-order valence-electron chi connectivity index (χ4n) is 4.54. The number of carbonyl (C=O) groups excluding carboxylic acids is 2. The average molecular weight is 425 g/mol. The molecule has 0 unspecified atom stereocenters. The van der Waals surface area contributed by atoms with E-state index in [1.54, 1.807) is 0 Å². The van der Waals surface area contributed by atoms with Gasteiger partial charge in [-0.1, -0.05) is 64.2 Å². The molecule has 0 bridgehead atoms. The second kappa shape index (κ2) is 13.3. The Morgan fingerprint density at radius 3 is 1.13 bits per heavy atom. The predicted molar refractivity (Wildman–Crippen MR) is 119 cm³/mol. The van der Waals surface area contributed by atoms with Gasteiger partial charge in [-0.15, -0.1) is 0 Å². The Bertz CT molecular complexity index is 469. The molecule has 2 aliphatic rings. The van der Waals surface area contributed by atoms with E-state index in [0.717, 1.165) is 51.4 Å². The molecule has 2 aliphatic carbocycles. The van der Waals surface area contributed by atoms with Crippen molar-refractivity contribution in [2.45, 2.75) is 103 Å². The zero-order chi connectivity index (χ0) is 21.7. The number of aliphatic hydroxyl groups excluding tert-OH is 2. The summed E-state index contributed by atoms with van der Waals surface area (Å²) in [5.41, 5.74) is -0.207. The van der Waals surface area contributed by atoms with E-state index in [2.05, 4.69) is 10.6 Å². The van der Waals surface area contributed by atoms with E-state index in [0.29, 0.717) is 13.1 Å². The molecular formula is C24H44N2O4. The fraction of sp³-hybridized carbons (Fsp3) is 0.917. The van der Waals surface area contributed by atoms with E-state index < -0.39 is 0 Å². The lowest BCUT2D eigenvalue weighted by Gasteiger charge is -2.14. The molecule has 30 heavy (non-hydrogen) atoms. The lowest BCUT2D eigenvalue weighted by atomic mass is 9.95. The smallest absolute Gasteiger partial charge is 0.226 e. The van der Waals surface area contributed by atoms with E-state index in [-0.39, 0.29) is 35.9 Å². The fourth-order valence-corrected chi connectivity index (χ4v) is 4.54. The third-order valence-corrected chi connectivity index (χ3v) is 7.03. The number of nitrogens with one attached hydrogen (secondary N) is 2. The molecule has 0 saturated heterocycles. The zero-order valence-corrected chi connectivity index (χ0v) is 18.9. The third kappa shape index (κ3) is 8.54. The highest BCUT2D eigenvalue weighted by molar-refractivity contribution is 5.85. The highest BCUT2D eigenvalue weighted by atomic mass is 16.3. The van der Waals surface area contributed by atoms with Gasteiger partial charge in [-0.05, 0) is 38.5 Å². The van der Waals surface area contributed by atoms with Crippen LogP contribution in [-0.4, -0.2) is 48.3 Å².